The van der Waals surface area contributed by atoms with Gasteiger partial charge in [-0.05, 0) is 31.0 Å². The van der Waals surface area contributed by atoms with E-state index in [4.69, 9.17) is 0 Å². The van der Waals surface area contributed by atoms with Crippen LogP contribution in [0, 0.1) is 12.7 Å². The first-order valence-electron chi connectivity index (χ1n) is 7.63. The van der Waals surface area contributed by atoms with E-state index in [1.807, 2.05) is 20.0 Å². The molecule has 1 heterocycles. The number of anilines is 2. The molecule has 0 unspecified atom stereocenters. The van der Waals surface area contributed by atoms with Gasteiger partial charge in [-0.1, -0.05) is 25.5 Å². The minimum absolute atomic E-state index is 0.226. The van der Waals surface area contributed by atoms with Gasteiger partial charge in [0.15, 0.2) is 0 Å². The summed E-state index contributed by atoms with van der Waals surface area (Å²) in [6, 6.07) is 8.41. The molecule has 0 radical (unpaired) electrons. The average molecular weight is 302 g/mol. The molecule has 1 aromatic heterocycles. The van der Waals surface area contributed by atoms with E-state index in [2.05, 4.69) is 27.1 Å². The summed E-state index contributed by atoms with van der Waals surface area (Å²) >= 11 is 0. The van der Waals surface area contributed by atoms with Crippen LogP contribution >= 0.6 is 0 Å². The Balaban J connectivity index is 2.04. The summed E-state index contributed by atoms with van der Waals surface area (Å²) in [4.78, 5) is 11.1. The van der Waals surface area contributed by atoms with Gasteiger partial charge in [-0.3, -0.25) is 0 Å². The zero-order valence-electron chi connectivity index (χ0n) is 13.4. The highest BCUT2D eigenvalue weighted by molar-refractivity contribution is 5.44. The van der Waals surface area contributed by atoms with Crippen LogP contribution in [-0.2, 0) is 6.54 Å². The molecule has 118 valence electrons. The van der Waals surface area contributed by atoms with Gasteiger partial charge in [0, 0.05) is 31.9 Å². The van der Waals surface area contributed by atoms with E-state index >= 15 is 0 Å². The molecule has 0 aliphatic carbocycles. The second-order valence-electron chi connectivity index (χ2n) is 5.45. The first kappa shape index (κ1) is 16.2. The van der Waals surface area contributed by atoms with Crippen LogP contribution < -0.4 is 10.2 Å². The number of hydrogen-bond acceptors (Lipinski definition) is 4. The van der Waals surface area contributed by atoms with Gasteiger partial charge in [0.25, 0.3) is 0 Å². The molecule has 0 spiro atoms. The van der Waals surface area contributed by atoms with Gasteiger partial charge in [0.1, 0.15) is 11.6 Å². The Bertz CT molecular complexity index is 598. The Kier molecular flexibility index (Phi) is 5.69. The molecule has 0 aliphatic heterocycles. The molecule has 1 N–H and O–H groups in total. The Morgan fingerprint density at radius 3 is 2.59 bits per heavy atom. The van der Waals surface area contributed by atoms with Gasteiger partial charge < -0.3 is 10.2 Å². The first-order valence-corrected chi connectivity index (χ1v) is 7.63. The third-order valence-electron chi connectivity index (χ3n) is 3.44. The fraction of sp³-hybridized carbons (Fsp3) is 0.412. The normalized spacial score (nSPS) is 10.5. The molecular weight excluding hydrogens is 279 g/mol. The van der Waals surface area contributed by atoms with Crippen molar-refractivity contribution in [1.82, 2.24) is 9.97 Å². The van der Waals surface area contributed by atoms with E-state index in [0.29, 0.717) is 12.5 Å². The highest BCUT2D eigenvalue weighted by Crippen LogP contribution is 2.15. The molecule has 0 aliphatic rings. The van der Waals surface area contributed by atoms with Crippen LogP contribution in [0.5, 0.6) is 0 Å². The molecule has 4 nitrogen and oxygen atoms in total. The monoisotopic (exact) mass is 302 g/mol. The summed E-state index contributed by atoms with van der Waals surface area (Å²) in [6.45, 7) is 5.68. The summed E-state index contributed by atoms with van der Waals surface area (Å²) < 4.78 is 12.9. The van der Waals surface area contributed by atoms with E-state index in [9.17, 15) is 4.39 Å². The zero-order chi connectivity index (χ0) is 15.9. The van der Waals surface area contributed by atoms with Crippen molar-refractivity contribution in [2.24, 2.45) is 0 Å². The number of rotatable bonds is 7. The third kappa shape index (κ3) is 4.69. The number of nitrogens with one attached hydrogen (secondary N) is 1. The summed E-state index contributed by atoms with van der Waals surface area (Å²) in [7, 11) is 2.04. The summed E-state index contributed by atoms with van der Waals surface area (Å²) in [5.74, 6) is 1.29. The molecule has 1 aromatic carbocycles. The molecule has 2 aromatic rings. The van der Waals surface area contributed by atoms with Crippen molar-refractivity contribution in [2.45, 2.75) is 33.2 Å². The maximum absolute atomic E-state index is 12.9. The Hall–Kier alpha value is -2.17. The maximum atomic E-state index is 12.9. The average Bonchev–Trinajstić information content (AvgIpc) is 2.51. The maximum Gasteiger partial charge on any atom is 0.225 e. The highest BCUT2D eigenvalue weighted by atomic mass is 19.1. The molecule has 5 heteroatoms. The Morgan fingerprint density at radius 2 is 1.91 bits per heavy atom. The standard InChI is InChI=1S/C17H23FN4/c1-4-5-10-22(3)16-11-13(2)20-17(21-16)19-12-14-6-8-15(18)9-7-14/h6-9,11H,4-5,10,12H2,1-3H3,(H,19,20,21). The number of hydrogen-bond donors (Lipinski definition) is 1. The molecular formula is C17H23FN4. The molecule has 22 heavy (non-hydrogen) atoms. The van der Waals surface area contributed by atoms with Crippen LogP contribution in [0.3, 0.4) is 0 Å². The molecule has 2 rings (SSSR count). The summed E-state index contributed by atoms with van der Waals surface area (Å²) in [6.07, 6.45) is 2.29. The fourth-order valence-corrected chi connectivity index (χ4v) is 2.12. The van der Waals surface area contributed by atoms with Crippen molar-refractivity contribution in [1.29, 1.82) is 0 Å². The smallest absolute Gasteiger partial charge is 0.225 e. The lowest BCUT2D eigenvalue weighted by Crippen LogP contribution is -2.20. The SMILES string of the molecule is CCCCN(C)c1cc(C)nc(NCc2ccc(F)cc2)n1. The Labute approximate surface area is 131 Å². The van der Waals surface area contributed by atoms with Gasteiger partial charge >= 0.3 is 0 Å². The second-order valence-corrected chi connectivity index (χ2v) is 5.45. The summed E-state index contributed by atoms with van der Waals surface area (Å²) in [5.41, 5.74) is 1.92. The van der Waals surface area contributed by atoms with Crippen molar-refractivity contribution in [2.75, 3.05) is 23.8 Å². The van der Waals surface area contributed by atoms with Crippen LogP contribution in [0.4, 0.5) is 16.2 Å². The van der Waals surface area contributed by atoms with Gasteiger partial charge in [-0.25, -0.2) is 9.37 Å². The van der Waals surface area contributed by atoms with Gasteiger partial charge in [-0.2, -0.15) is 4.98 Å². The topological polar surface area (TPSA) is 41.1 Å². The van der Waals surface area contributed by atoms with Crippen LogP contribution in [0.2, 0.25) is 0 Å². The van der Waals surface area contributed by atoms with Crippen LogP contribution in [-0.4, -0.2) is 23.6 Å². The van der Waals surface area contributed by atoms with E-state index in [1.165, 1.54) is 12.1 Å². The van der Waals surface area contributed by atoms with Crippen LogP contribution in [0.15, 0.2) is 30.3 Å². The highest BCUT2D eigenvalue weighted by Gasteiger charge is 2.06. The van der Waals surface area contributed by atoms with Gasteiger partial charge in [0.05, 0.1) is 0 Å². The largest absolute Gasteiger partial charge is 0.360 e. The number of aromatic nitrogens is 2. The summed E-state index contributed by atoms with van der Waals surface area (Å²) in [5, 5.41) is 3.20. The number of halogens is 1. The zero-order valence-corrected chi connectivity index (χ0v) is 13.4. The Morgan fingerprint density at radius 1 is 1.18 bits per heavy atom. The van der Waals surface area contributed by atoms with Crippen LogP contribution in [0.1, 0.15) is 31.0 Å². The van der Waals surface area contributed by atoms with Crippen molar-refractivity contribution in [3.63, 3.8) is 0 Å². The molecule has 0 saturated carbocycles. The number of nitrogens with zero attached hydrogens (tertiary/aromatic N) is 3. The van der Waals surface area contributed by atoms with Gasteiger partial charge in [0.2, 0.25) is 5.95 Å². The van der Waals surface area contributed by atoms with Gasteiger partial charge in [-0.15, -0.1) is 0 Å². The lowest BCUT2D eigenvalue weighted by Gasteiger charge is -2.19. The lowest BCUT2D eigenvalue weighted by atomic mass is 10.2. The molecule has 0 atom stereocenters. The molecule has 0 amide bonds. The van der Waals surface area contributed by atoms with E-state index in [1.54, 1.807) is 12.1 Å². The van der Waals surface area contributed by atoms with Crippen LogP contribution in [0.25, 0.3) is 0 Å². The molecule has 0 bridgehead atoms. The van der Waals surface area contributed by atoms with Crippen molar-refractivity contribution >= 4 is 11.8 Å². The predicted molar refractivity (Wildman–Crippen MR) is 88.7 cm³/mol. The minimum Gasteiger partial charge on any atom is -0.360 e. The lowest BCUT2D eigenvalue weighted by molar-refractivity contribution is 0.627. The molecule has 0 fully saturated rings. The van der Waals surface area contributed by atoms with E-state index < -0.39 is 0 Å². The fourth-order valence-electron chi connectivity index (χ4n) is 2.12. The van der Waals surface area contributed by atoms with Crippen molar-refractivity contribution in [3.8, 4) is 0 Å². The van der Waals surface area contributed by atoms with Crippen molar-refractivity contribution in [3.05, 3.63) is 47.4 Å². The van der Waals surface area contributed by atoms with Crippen molar-refractivity contribution < 1.29 is 4.39 Å². The van der Waals surface area contributed by atoms with E-state index in [-0.39, 0.29) is 5.82 Å². The third-order valence-corrected chi connectivity index (χ3v) is 3.44. The molecule has 0 saturated heterocycles. The number of aryl methyl sites for hydroxylation is 1. The minimum atomic E-state index is -0.226. The predicted octanol–water partition coefficient (Wildman–Crippen LogP) is 3.77. The number of benzene rings is 1. The quantitative estimate of drug-likeness (QED) is 0.845. The first-order chi connectivity index (χ1) is 10.6. The second kappa shape index (κ2) is 7.73. The van der Waals surface area contributed by atoms with E-state index in [0.717, 1.165) is 36.5 Å². The number of unbranched alkanes of at least 4 members (excludes halogenated alkanes) is 1.